The van der Waals surface area contributed by atoms with Crippen LogP contribution in [0.3, 0.4) is 0 Å². The fraction of sp³-hybridized carbons (Fsp3) is 0.267. The minimum atomic E-state index is 0.424. The first kappa shape index (κ1) is 11.3. The van der Waals surface area contributed by atoms with E-state index in [1.54, 1.807) is 0 Å². The third kappa shape index (κ3) is 2.12. The number of anilines is 1. The molecule has 18 heavy (non-hydrogen) atoms. The van der Waals surface area contributed by atoms with E-state index in [1.807, 2.05) is 35.6 Å². The van der Waals surface area contributed by atoms with E-state index < -0.39 is 0 Å². The summed E-state index contributed by atoms with van der Waals surface area (Å²) in [6.45, 7) is 0. The molecule has 0 fully saturated rings. The predicted molar refractivity (Wildman–Crippen MR) is 74.8 cm³/mol. The summed E-state index contributed by atoms with van der Waals surface area (Å²) in [6, 6.07) is 12.5. The molecule has 1 heterocycles. The Morgan fingerprint density at radius 2 is 2.06 bits per heavy atom. The topological polar surface area (TPSA) is 35.8 Å². The average Bonchev–Trinajstić information content (AvgIpc) is 2.89. The van der Waals surface area contributed by atoms with Crippen LogP contribution >= 0.6 is 11.3 Å². The summed E-state index contributed by atoms with van der Waals surface area (Å²) in [5.41, 5.74) is 3.26. The van der Waals surface area contributed by atoms with Crippen molar-refractivity contribution in [2.45, 2.75) is 25.3 Å². The Balaban J connectivity index is 1.80. The summed E-state index contributed by atoms with van der Waals surface area (Å²) in [5, 5.41) is 14.5. The molecule has 2 aromatic rings. The second-order valence-electron chi connectivity index (χ2n) is 4.58. The van der Waals surface area contributed by atoms with Crippen molar-refractivity contribution in [2.75, 3.05) is 5.32 Å². The van der Waals surface area contributed by atoms with Crippen molar-refractivity contribution in [1.82, 2.24) is 0 Å². The van der Waals surface area contributed by atoms with Gasteiger partial charge in [0.2, 0.25) is 0 Å². The first-order chi connectivity index (χ1) is 8.86. The Bertz CT molecular complexity index is 577. The van der Waals surface area contributed by atoms with Gasteiger partial charge in [0.15, 0.2) is 0 Å². The highest BCUT2D eigenvalue weighted by Gasteiger charge is 2.20. The van der Waals surface area contributed by atoms with E-state index in [0.717, 1.165) is 5.69 Å². The molecule has 0 bridgehead atoms. The number of rotatable bonds is 2. The predicted octanol–water partition coefficient (Wildman–Crippen LogP) is 4.11. The van der Waals surface area contributed by atoms with Gasteiger partial charge in [0.1, 0.15) is 0 Å². The molecule has 1 aliphatic carbocycles. The molecular weight excluding hydrogens is 240 g/mol. The average molecular weight is 254 g/mol. The molecule has 1 aromatic carbocycles. The first-order valence-electron chi connectivity index (χ1n) is 6.20. The van der Waals surface area contributed by atoms with Crippen molar-refractivity contribution >= 4 is 17.0 Å². The van der Waals surface area contributed by atoms with Gasteiger partial charge in [-0.2, -0.15) is 5.26 Å². The highest BCUT2D eigenvalue weighted by atomic mass is 32.1. The Kier molecular flexibility index (Phi) is 3.04. The van der Waals surface area contributed by atoms with Gasteiger partial charge in [-0.05, 0) is 60.5 Å². The fourth-order valence-electron chi connectivity index (χ4n) is 2.48. The van der Waals surface area contributed by atoms with Gasteiger partial charge in [-0.3, -0.25) is 0 Å². The van der Waals surface area contributed by atoms with Crippen molar-refractivity contribution < 1.29 is 0 Å². The molecule has 0 saturated heterocycles. The number of hydrogen-bond donors (Lipinski definition) is 1. The van der Waals surface area contributed by atoms with Gasteiger partial charge in [0, 0.05) is 10.6 Å². The van der Waals surface area contributed by atoms with Crippen molar-refractivity contribution in [3.8, 4) is 6.07 Å². The van der Waals surface area contributed by atoms with Crippen LogP contribution < -0.4 is 5.32 Å². The Hall–Kier alpha value is -1.79. The standard InChI is InChI=1S/C15H14N2S/c16-10-11-4-6-12(7-5-11)17-14-2-1-3-15-13(14)8-9-18-15/h4-9,14,17H,1-3H2. The molecule has 1 aliphatic rings. The minimum absolute atomic E-state index is 0.424. The maximum atomic E-state index is 8.78. The van der Waals surface area contributed by atoms with Gasteiger partial charge in [-0.25, -0.2) is 0 Å². The number of fused-ring (bicyclic) bond motifs is 1. The van der Waals surface area contributed by atoms with E-state index in [-0.39, 0.29) is 0 Å². The zero-order valence-corrected chi connectivity index (χ0v) is 10.8. The molecule has 0 aliphatic heterocycles. The molecule has 3 rings (SSSR count). The second kappa shape index (κ2) is 4.83. The van der Waals surface area contributed by atoms with Gasteiger partial charge >= 0.3 is 0 Å². The Morgan fingerprint density at radius 1 is 1.22 bits per heavy atom. The van der Waals surface area contributed by atoms with Crippen LogP contribution in [0.4, 0.5) is 5.69 Å². The molecule has 3 heteroatoms. The molecule has 1 aromatic heterocycles. The summed E-state index contributed by atoms with van der Waals surface area (Å²) >= 11 is 1.86. The van der Waals surface area contributed by atoms with Gasteiger partial charge in [-0.15, -0.1) is 11.3 Å². The molecule has 2 nitrogen and oxygen atoms in total. The molecule has 90 valence electrons. The van der Waals surface area contributed by atoms with Crippen LogP contribution in [0, 0.1) is 11.3 Å². The highest BCUT2D eigenvalue weighted by molar-refractivity contribution is 7.10. The smallest absolute Gasteiger partial charge is 0.0991 e. The Morgan fingerprint density at radius 3 is 2.83 bits per heavy atom. The van der Waals surface area contributed by atoms with Gasteiger partial charge in [0.25, 0.3) is 0 Å². The van der Waals surface area contributed by atoms with Crippen molar-refractivity contribution in [2.24, 2.45) is 0 Å². The van der Waals surface area contributed by atoms with Gasteiger partial charge in [0.05, 0.1) is 17.7 Å². The van der Waals surface area contributed by atoms with E-state index in [2.05, 4.69) is 22.8 Å². The molecule has 1 N–H and O–H groups in total. The molecule has 1 unspecified atom stereocenters. The highest BCUT2D eigenvalue weighted by Crippen LogP contribution is 2.35. The van der Waals surface area contributed by atoms with Crippen LogP contribution in [-0.4, -0.2) is 0 Å². The van der Waals surface area contributed by atoms with Crippen LogP contribution in [0.2, 0.25) is 0 Å². The monoisotopic (exact) mass is 254 g/mol. The maximum Gasteiger partial charge on any atom is 0.0991 e. The van der Waals surface area contributed by atoms with E-state index in [4.69, 9.17) is 5.26 Å². The number of thiophene rings is 1. The summed E-state index contributed by atoms with van der Waals surface area (Å²) in [7, 11) is 0. The van der Waals surface area contributed by atoms with Crippen LogP contribution in [0.15, 0.2) is 35.7 Å². The van der Waals surface area contributed by atoms with E-state index >= 15 is 0 Å². The molecule has 1 atom stereocenters. The third-order valence-electron chi connectivity index (χ3n) is 3.41. The number of nitriles is 1. The largest absolute Gasteiger partial charge is 0.378 e. The number of nitrogens with zero attached hydrogens (tertiary/aromatic N) is 1. The third-order valence-corrected chi connectivity index (χ3v) is 4.40. The van der Waals surface area contributed by atoms with Crippen molar-refractivity contribution in [1.29, 1.82) is 5.26 Å². The lowest BCUT2D eigenvalue weighted by atomic mass is 9.94. The molecule has 0 radical (unpaired) electrons. The van der Waals surface area contributed by atoms with E-state index in [0.29, 0.717) is 11.6 Å². The van der Waals surface area contributed by atoms with E-state index in [1.165, 1.54) is 29.7 Å². The van der Waals surface area contributed by atoms with Crippen LogP contribution in [0.25, 0.3) is 0 Å². The lowest BCUT2D eigenvalue weighted by Gasteiger charge is -2.24. The summed E-state index contributed by atoms with van der Waals surface area (Å²) in [6.07, 6.45) is 3.66. The van der Waals surface area contributed by atoms with E-state index in [9.17, 15) is 0 Å². The van der Waals surface area contributed by atoms with Crippen LogP contribution in [0.1, 0.15) is 34.9 Å². The molecule has 0 amide bonds. The SMILES string of the molecule is N#Cc1ccc(NC2CCCc3sccc32)cc1. The lowest BCUT2D eigenvalue weighted by molar-refractivity contribution is 0.609. The second-order valence-corrected chi connectivity index (χ2v) is 5.58. The normalized spacial score (nSPS) is 17.8. The zero-order chi connectivity index (χ0) is 12.4. The quantitative estimate of drug-likeness (QED) is 0.875. The lowest BCUT2D eigenvalue weighted by Crippen LogP contribution is -2.15. The first-order valence-corrected chi connectivity index (χ1v) is 7.08. The molecular formula is C15H14N2S. The van der Waals surface area contributed by atoms with Crippen molar-refractivity contribution in [3.63, 3.8) is 0 Å². The minimum Gasteiger partial charge on any atom is -0.378 e. The molecule has 0 saturated carbocycles. The van der Waals surface area contributed by atoms with Gasteiger partial charge < -0.3 is 5.32 Å². The van der Waals surface area contributed by atoms with Crippen molar-refractivity contribution in [3.05, 3.63) is 51.7 Å². The number of benzene rings is 1. The summed E-state index contributed by atoms with van der Waals surface area (Å²) in [5.74, 6) is 0. The number of hydrogen-bond acceptors (Lipinski definition) is 3. The summed E-state index contributed by atoms with van der Waals surface area (Å²) in [4.78, 5) is 1.52. The number of aryl methyl sites for hydroxylation is 1. The maximum absolute atomic E-state index is 8.78. The molecule has 0 spiro atoms. The zero-order valence-electron chi connectivity index (χ0n) is 10.0. The summed E-state index contributed by atoms with van der Waals surface area (Å²) < 4.78 is 0. The fourth-order valence-corrected chi connectivity index (χ4v) is 3.47. The van der Waals surface area contributed by atoms with Crippen LogP contribution in [0.5, 0.6) is 0 Å². The van der Waals surface area contributed by atoms with Crippen LogP contribution in [-0.2, 0) is 6.42 Å². The Labute approximate surface area is 111 Å². The van der Waals surface area contributed by atoms with Gasteiger partial charge in [-0.1, -0.05) is 0 Å². The number of nitrogens with one attached hydrogen (secondary N) is 1.